The van der Waals surface area contributed by atoms with Gasteiger partial charge in [-0.3, -0.25) is 0 Å². The topological polar surface area (TPSA) is 76.0 Å². The van der Waals surface area contributed by atoms with E-state index in [2.05, 4.69) is 0 Å². The van der Waals surface area contributed by atoms with Gasteiger partial charge in [-0.25, -0.2) is 4.79 Å². The van der Waals surface area contributed by atoms with Gasteiger partial charge in [0, 0.05) is 17.5 Å². The Bertz CT molecular complexity index is 968. The van der Waals surface area contributed by atoms with E-state index >= 15 is 0 Å². The smallest absolute Gasteiger partial charge is 0.336 e. The molecule has 1 unspecified atom stereocenters. The lowest BCUT2D eigenvalue weighted by atomic mass is 9.98. The van der Waals surface area contributed by atoms with Gasteiger partial charge >= 0.3 is 5.97 Å². The standard InChI is InChI=1S/C25H26O5/c1-2-20(26)15-16-29-22-13-7-6-11-19(22)17-30-23-14-8-12-21(25(27)28)24(23)18-9-4-3-5-10-18/h3-14,20,26H,2,15-17H2,1H3,(H,27,28). The number of aromatic carboxylic acids is 1. The van der Waals surface area contributed by atoms with Gasteiger partial charge in [0.25, 0.3) is 0 Å². The maximum absolute atomic E-state index is 11.8. The highest BCUT2D eigenvalue weighted by atomic mass is 16.5. The molecule has 0 aliphatic carbocycles. The van der Waals surface area contributed by atoms with Crippen molar-refractivity contribution in [1.82, 2.24) is 0 Å². The average Bonchev–Trinajstić information content (AvgIpc) is 2.78. The van der Waals surface area contributed by atoms with E-state index in [-0.39, 0.29) is 18.3 Å². The van der Waals surface area contributed by atoms with Crippen molar-refractivity contribution in [3.63, 3.8) is 0 Å². The minimum absolute atomic E-state index is 0.191. The molecular formula is C25H26O5. The van der Waals surface area contributed by atoms with E-state index in [1.54, 1.807) is 18.2 Å². The Hall–Kier alpha value is -3.31. The lowest BCUT2D eigenvalue weighted by Crippen LogP contribution is -2.11. The van der Waals surface area contributed by atoms with Crippen LogP contribution in [0.25, 0.3) is 11.1 Å². The van der Waals surface area contributed by atoms with E-state index in [0.29, 0.717) is 36.5 Å². The Morgan fingerprint density at radius 2 is 1.60 bits per heavy atom. The first-order chi connectivity index (χ1) is 14.6. The second kappa shape index (κ2) is 10.5. The van der Waals surface area contributed by atoms with Crippen molar-refractivity contribution in [2.75, 3.05) is 6.61 Å². The summed E-state index contributed by atoms with van der Waals surface area (Å²) in [7, 11) is 0. The Morgan fingerprint density at radius 3 is 2.33 bits per heavy atom. The van der Waals surface area contributed by atoms with Crippen LogP contribution in [0.2, 0.25) is 0 Å². The van der Waals surface area contributed by atoms with E-state index in [1.165, 1.54) is 0 Å². The number of ether oxygens (including phenoxy) is 2. The fourth-order valence-electron chi connectivity index (χ4n) is 3.16. The van der Waals surface area contributed by atoms with Gasteiger partial charge in [-0.2, -0.15) is 0 Å². The second-order valence-corrected chi connectivity index (χ2v) is 6.95. The number of hydrogen-bond donors (Lipinski definition) is 2. The summed E-state index contributed by atoms with van der Waals surface area (Å²) in [6.45, 7) is 2.58. The minimum atomic E-state index is -1.00. The predicted molar refractivity (Wildman–Crippen MR) is 116 cm³/mol. The molecule has 3 aromatic carbocycles. The lowest BCUT2D eigenvalue weighted by Gasteiger charge is -2.16. The van der Waals surface area contributed by atoms with Crippen LogP contribution in [-0.4, -0.2) is 28.9 Å². The Morgan fingerprint density at radius 1 is 0.900 bits per heavy atom. The van der Waals surface area contributed by atoms with Gasteiger partial charge in [0.1, 0.15) is 18.1 Å². The molecule has 2 N–H and O–H groups in total. The van der Waals surface area contributed by atoms with Crippen LogP contribution >= 0.6 is 0 Å². The van der Waals surface area contributed by atoms with Crippen molar-refractivity contribution >= 4 is 5.97 Å². The van der Waals surface area contributed by atoms with Gasteiger partial charge in [0.15, 0.2) is 0 Å². The third-order valence-corrected chi connectivity index (χ3v) is 4.85. The molecule has 0 fully saturated rings. The third-order valence-electron chi connectivity index (χ3n) is 4.85. The van der Waals surface area contributed by atoms with Gasteiger partial charge in [0.2, 0.25) is 0 Å². The minimum Gasteiger partial charge on any atom is -0.493 e. The summed E-state index contributed by atoms with van der Waals surface area (Å²) >= 11 is 0. The van der Waals surface area contributed by atoms with Crippen LogP contribution in [0.3, 0.4) is 0 Å². The number of aliphatic hydroxyl groups is 1. The summed E-state index contributed by atoms with van der Waals surface area (Å²) in [5.41, 5.74) is 2.37. The van der Waals surface area contributed by atoms with Crippen molar-refractivity contribution in [2.45, 2.75) is 32.5 Å². The molecular weight excluding hydrogens is 380 g/mol. The maximum Gasteiger partial charge on any atom is 0.336 e. The highest BCUT2D eigenvalue weighted by molar-refractivity contribution is 5.98. The van der Waals surface area contributed by atoms with Crippen molar-refractivity contribution < 1.29 is 24.5 Å². The van der Waals surface area contributed by atoms with Crippen LogP contribution in [0.4, 0.5) is 0 Å². The molecule has 30 heavy (non-hydrogen) atoms. The number of carboxylic acids is 1. The molecule has 3 aromatic rings. The molecule has 0 aliphatic heterocycles. The molecule has 0 aromatic heterocycles. The Kier molecular flexibility index (Phi) is 7.46. The molecule has 156 valence electrons. The molecule has 5 heteroatoms. The summed E-state index contributed by atoms with van der Waals surface area (Å²) in [5, 5.41) is 19.4. The first-order valence-corrected chi connectivity index (χ1v) is 10.0. The normalized spacial score (nSPS) is 11.7. The van der Waals surface area contributed by atoms with Crippen LogP contribution in [0, 0.1) is 0 Å². The van der Waals surface area contributed by atoms with E-state index in [0.717, 1.165) is 11.1 Å². The Balaban J connectivity index is 1.82. The number of hydrogen-bond acceptors (Lipinski definition) is 4. The third kappa shape index (κ3) is 5.39. The van der Waals surface area contributed by atoms with Crippen molar-refractivity contribution in [1.29, 1.82) is 0 Å². The van der Waals surface area contributed by atoms with Crippen molar-refractivity contribution in [2.24, 2.45) is 0 Å². The highest BCUT2D eigenvalue weighted by Gasteiger charge is 2.17. The number of para-hydroxylation sites is 1. The van der Waals surface area contributed by atoms with E-state index in [4.69, 9.17) is 9.47 Å². The monoisotopic (exact) mass is 406 g/mol. The number of rotatable bonds is 10. The van der Waals surface area contributed by atoms with E-state index < -0.39 is 5.97 Å². The number of carbonyl (C=O) groups is 1. The summed E-state index contributed by atoms with van der Waals surface area (Å²) < 4.78 is 11.9. The molecule has 1 atom stereocenters. The number of benzene rings is 3. The molecule has 0 bridgehead atoms. The van der Waals surface area contributed by atoms with Gasteiger partial charge in [-0.1, -0.05) is 61.5 Å². The van der Waals surface area contributed by atoms with Gasteiger partial charge in [0.05, 0.1) is 18.3 Å². The first kappa shape index (κ1) is 21.4. The maximum atomic E-state index is 11.8. The molecule has 0 amide bonds. The second-order valence-electron chi connectivity index (χ2n) is 6.95. The predicted octanol–water partition coefficient (Wildman–Crippen LogP) is 5.17. The van der Waals surface area contributed by atoms with Crippen molar-refractivity contribution in [3.05, 3.63) is 83.9 Å². The highest BCUT2D eigenvalue weighted by Crippen LogP contribution is 2.34. The molecule has 0 radical (unpaired) electrons. The van der Waals surface area contributed by atoms with Crippen LogP contribution in [0.5, 0.6) is 11.5 Å². The summed E-state index contributed by atoms with van der Waals surface area (Å²) in [6.07, 6.45) is 0.876. The molecule has 3 rings (SSSR count). The number of carboxylic acid groups (broad SMARTS) is 1. The van der Waals surface area contributed by atoms with Crippen LogP contribution < -0.4 is 9.47 Å². The molecule has 0 aliphatic rings. The lowest BCUT2D eigenvalue weighted by molar-refractivity contribution is 0.0697. The molecule has 0 saturated heterocycles. The molecule has 0 heterocycles. The summed E-state index contributed by atoms with van der Waals surface area (Å²) in [4.78, 5) is 11.8. The van der Waals surface area contributed by atoms with Gasteiger partial charge in [-0.05, 0) is 30.2 Å². The summed E-state index contributed by atoms with van der Waals surface area (Å²) in [5.74, 6) is 0.186. The Labute approximate surface area is 176 Å². The summed E-state index contributed by atoms with van der Waals surface area (Å²) in [6, 6.07) is 21.9. The molecule has 0 saturated carbocycles. The van der Waals surface area contributed by atoms with Gasteiger partial charge < -0.3 is 19.7 Å². The van der Waals surface area contributed by atoms with Crippen LogP contribution in [-0.2, 0) is 6.61 Å². The number of aliphatic hydroxyl groups excluding tert-OH is 1. The molecule has 0 spiro atoms. The largest absolute Gasteiger partial charge is 0.493 e. The quantitative estimate of drug-likeness (QED) is 0.486. The van der Waals surface area contributed by atoms with E-state index in [1.807, 2.05) is 61.5 Å². The molecule has 5 nitrogen and oxygen atoms in total. The fraction of sp³-hybridized carbons (Fsp3) is 0.240. The van der Waals surface area contributed by atoms with Crippen LogP contribution in [0.1, 0.15) is 35.7 Å². The van der Waals surface area contributed by atoms with Crippen molar-refractivity contribution in [3.8, 4) is 22.6 Å². The average molecular weight is 406 g/mol. The van der Waals surface area contributed by atoms with Crippen LogP contribution in [0.15, 0.2) is 72.8 Å². The zero-order valence-corrected chi connectivity index (χ0v) is 17.0. The van der Waals surface area contributed by atoms with Gasteiger partial charge in [-0.15, -0.1) is 0 Å². The first-order valence-electron chi connectivity index (χ1n) is 10.0. The zero-order valence-electron chi connectivity index (χ0n) is 17.0. The fourth-order valence-corrected chi connectivity index (χ4v) is 3.16. The van der Waals surface area contributed by atoms with E-state index in [9.17, 15) is 15.0 Å². The zero-order chi connectivity index (χ0) is 21.3. The SMILES string of the molecule is CCC(O)CCOc1ccccc1COc1cccc(C(=O)O)c1-c1ccccc1.